The minimum absolute atomic E-state index is 0.0312. The topological polar surface area (TPSA) is 0 Å². The molecule has 0 spiro atoms. The Morgan fingerprint density at radius 2 is 1.68 bits per heavy atom. The summed E-state index contributed by atoms with van der Waals surface area (Å²) in [6.45, 7) is 12.2. The Morgan fingerprint density at radius 3 is 2.43 bits per heavy atom. The first-order valence-corrected chi connectivity index (χ1v) is 18.7. The van der Waals surface area contributed by atoms with Gasteiger partial charge in [-0.15, -0.1) is 0 Å². The fourth-order valence-corrected chi connectivity index (χ4v) is 14.5. The van der Waals surface area contributed by atoms with Crippen LogP contribution in [0, 0.1) is 12.8 Å². The fraction of sp³-hybridized carbons (Fsp3) is 0.182. The van der Waals surface area contributed by atoms with Gasteiger partial charge in [0.1, 0.15) is 0 Å². The molecular weight excluding hydrogens is 580 g/mol. The molecule has 0 fully saturated rings. The van der Waals surface area contributed by atoms with Crippen LogP contribution in [0.3, 0.4) is 0 Å². The Morgan fingerprint density at radius 1 is 0.919 bits per heavy atom. The molecule has 37 heavy (non-hydrogen) atoms. The number of aryl methyl sites for hydroxylation is 1. The van der Waals surface area contributed by atoms with Crippen LogP contribution in [0.2, 0.25) is 13.1 Å². The summed E-state index contributed by atoms with van der Waals surface area (Å²) in [4.78, 5) is 6.34. The summed E-state index contributed by atoms with van der Waals surface area (Å²) in [5.41, 5.74) is 10.2. The number of fused-ring (bicyclic) bond motifs is 5. The summed E-state index contributed by atoms with van der Waals surface area (Å²) >= 11 is 3.60. The van der Waals surface area contributed by atoms with Gasteiger partial charge < -0.3 is 0 Å². The van der Waals surface area contributed by atoms with Crippen molar-refractivity contribution >= 4 is 65.2 Å². The van der Waals surface area contributed by atoms with E-state index in [0.29, 0.717) is 5.92 Å². The standard InChI is InChI=1S/C33H28S2Si.Zr/c1-19-11-9-16-26-28(19)30-27(18-21(3)33(30)36(4)5)35(26)32-20(2)17-24-29-23(22-12-7-6-8-13-22)14-10-15-25(29)34-31(24)32;/h6-17,21H,1-5H3;/q;+2. The van der Waals surface area contributed by atoms with Crippen molar-refractivity contribution in [3.8, 4) is 11.1 Å². The molecule has 0 saturated carbocycles. The van der Waals surface area contributed by atoms with Gasteiger partial charge in [0.05, 0.1) is 0 Å². The first-order valence-electron chi connectivity index (χ1n) is 12.9. The van der Waals surface area contributed by atoms with E-state index < -0.39 is 8.41 Å². The van der Waals surface area contributed by atoms with Crippen LogP contribution in [0.15, 0.2) is 82.1 Å². The first-order chi connectivity index (χ1) is 17.9. The fourth-order valence-electron chi connectivity index (χ4n) is 6.46. The van der Waals surface area contributed by atoms with E-state index in [1.54, 1.807) is 58.4 Å². The van der Waals surface area contributed by atoms with Gasteiger partial charge >= 0.3 is 244 Å². The summed E-state index contributed by atoms with van der Waals surface area (Å²) in [7, 11) is -0.576. The quantitative estimate of drug-likeness (QED) is 0.150. The van der Waals surface area contributed by atoms with E-state index in [-0.39, 0.29) is 10.5 Å². The molecule has 3 aromatic carbocycles. The molecular formula is C33H28S2SiZr+2. The van der Waals surface area contributed by atoms with E-state index in [1.165, 1.54) is 42.8 Å². The Labute approximate surface area is 242 Å². The van der Waals surface area contributed by atoms with Crippen LogP contribution in [0.1, 0.15) is 35.4 Å². The number of thiophene rings is 1. The molecule has 0 saturated heterocycles. The van der Waals surface area contributed by atoms with Crippen molar-refractivity contribution in [2.75, 3.05) is 0 Å². The van der Waals surface area contributed by atoms with Crippen LogP contribution in [-0.2, 0) is 24.2 Å². The SMILES string of the molecule is CC1=Cc2c(sc3cccc(-c4ccccc4)c23)C1=S1C2=C(C(=[Si](C)C)C(C)[C]2=[Zr+2])c2c(C)cccc21. The molecule has 0 bridgehead atoms. The normalized spacial score (nSPS) is 21.1. The van der Waals surface area contributed by atoms with Gasteiger partial charge in [-0.3, -0.25) is 0 Å². The van der Waals surface area contributed by atoms with Crippen molar-refractivity contribution in [3.63, 3.8) is 0 Å². The molecule has 2 unspecified atom stereocenters. The summed E-state index contributed by atoms with van der Waals surface area (Å²) in [5, 5.41) is 3.19. The van der Waals surface area contributed by atoms with Crippen molar-refractivity contribution in [1.29, 1.82) is 0 Å². The molecule has 178 valence electrons. The van der Waals surface area contributed by atoms with Crippen LogP contribution in [0.4, 0.5) is 0 Å². The van der Waals surface area contributed by atoms with Crippen LogP contribution >= 0.6 is 21.8 Å². The second-order valence-electron chi connectivity index (χ2n) is 10.6. The molecule has 1 aromatic heterocycles. The average Bonchev–Trinajstić information content (AvgIpc) is 3.57. The summed E-state index contributed by atoms with van der Waals surface area (Å²) in [5.74, 6) is 0.604. The molecule has 0 nitrogen and oxygen atoms in total. The number of benzene rings is 3. The third-order valence-electron chi connectivity index (χ3n) is 8.02. The molecule has 2 aliphatic carbocycles. The second kappa shape index (κ2) is 8.85. The third-order valence-corrected chi connectivity index (χ3v) is 15.8. The molecule has 7 rings (SSSR count). The molecule has 0 amide bonds. The molecule has 4 aromatic rings. The summed E-state index contributed by atoms with van der Waals surface area (Å²) < 4.78 is 3.10. The number of hydrogen-bond acceptors (Lipinski definition) is 1. The van der Waals surface area contributed by atoms with Gasteiger partial charge in [0.15, 0.2) is 0 Å². The Bertz CT molecular complexity index is 1820. The third kappa shape index (κ3) is 3.39. The van der Waals surface area contributed by atoms with Crippen LogP contribution in [-0.4, -0.2) is 21.6 Å². The monoisotopic (exact) mass is 606 g/mol. The van der Waals surface area contributed by atoms with Crippen LogP contribution in [0.25, 0.3) is 32.9 Å². The van der Waals surface area contributed by atoms with Crippen molar-refractivity contribution in [2.45, 2.75) is 38.8 Å². The molecule has 3 aliphatic rings. The van der Waals surface area contributed by atoms with Gasteiger partial charge in [0.25, 0.3) is 0 Å². The zero-order valence-corrected chi connectivity index (χ0v) is 26.9. The molecule has 2 heterocycles. The van der Waals surface area contributed by atoms with Crippen LogP contribution < -0.4 is 0 Å². The van der Waals surface area contributed by atoms with Crippen molar-refractivity contribution in [2.24, 2.45) is 5.92 Å². The van der Waals surface area contributed by atoms with E-state index in [4.69, 9.17) is 0 Å². The Balaban J connectivity index is 1.59. The van der Waals surface area contributed by atoms with E-state index in [9.17, 15) is 0 Å². The maximum absolute atomic E-state index is 2.50. The number of hydrogen-bond donors (Lipinski definition) is 0. The van der Waals surface area contributed by atoms with E-state index in [0.717, 1.165) is 0 Å². The average molecular weight is 608 g/mol. The van der Waals surface area contributed by atoms with Crippen molar-refractivity contribution < 1.29 is 24.2 Å². The second-order valence-corrected chi connectivity index (χ2v) is 17.3. The van der Waals surface area contributed by atoms with Crippen LogP contribution in [0.5, 0.6) is 0 Å². The van der Waals surface area contributed by atoms with E-state index in [2.05, 4.69) is 107 Å². The van der Waals surface area contributed by atoms with Gasteiger partial charge in [-0.2, -0.15) is 0 Å². The van der Waals surface area contributed by atoms with Gasteiger partial charge in [-0.25, -0.2) is 0 Å². The Hall–Kier alpha value is -1.84. The molecule has 1 aliphatic heterocycles. The van der Waals surface area contributed by atoms with Gasteiger partial charge in [0.2, 0.25) is 0 Å². The van der Waals surface area contributed by atoms with E-state index in [1.807, 2.05) is 11.3 Å². The maximum atomic E-state index is 2.50. The van der Waals surface area contributed by atoms with Crippen molar-refractivity contribution in [3.05, 3.63) is 98.8 Å². The molecule has 4 heteroatoms. The van der Waals surface area contributed by atoms with E-state index >= 15 is 0 Å². The number of rotatable bonds is 1. The zero-order valence-electron chi connectivity index (χ0n) is 21.8. The van der Waals surface area contributed by atoms with Gasteiger partial charge in [-0.1, -0.05) is 0 Å². The zero-order chi connectivity index (χ0) is 25.6. The van der Waals surface area contributed by atoms with Crippen molar-refractivity contribution in [1.82, 2.24) is 0 Å². The summed E-state index contributed by atoms with van der Waals surface area (Å²) in [6, 6.07) is 24.8. The first kappa shape index (κ1) is 24.2. The molecule has 2 atom stereocenters. The van der Waals surface area contributed by atoms with Gasteiger partial charge in [-0.05, 0) is 0 Å². The molecule has 0 radical (unpaired) electrons. The summed E-state index contributed by atoms with van der Waals surface area (Å²) in [6.07, 6.45) is 2.50. The minimum atomic E-state index is -0.545. The number of allylic oxidation sites excluding steroid dienone is 3. The molecule has 0 N–H and O–H groups in total. The predicted octanol–water partition coefficient (Wildman–Crippen LogP) is 8.74. The predicted molar refractivity (Wildman–Crippen MR) is 166 cm³/mol. The Kier molecular flexibility index (Phi) is 5.79. The van der Waals surface area contributed by atoms with Gasteiger partial charge in [0, 0.05) is 0 Å².